The van der Waals surface area contributed by atoms with Crippen LogP contribution < -0.4 is 13.7 Å². The summed E-state index contributed by atoms with van der Waals surface area (Å²) in [5.74, 6) is -0.126. The molecule has 0 aliphatic carbocycles. The van der Waals surface area contributed by atoms with Gasteiger partial charge in [-0.1, -0.05) is 23.7 Å². The van der Waals surface area contributed by atoms with Gasteiger partial charge in [0.25, 0.3) is 16.8 Å². The fourth-order valence-electron chi connectivity index (χ4n) is 3.45. The number of nitro benzene ring substituents is 1. The Balaban J connectivity index is 1.50. The zero-order chi connectivity index (χ0) is 29.0. The quantitative estimate of drug-likeness (QED) is 0.0838. The lowest BCUT2D eigenvalue weighted by molar-refractivity contribution is -0.384. The third-order valence-corrected chi connectivity index (χ3v) is 8.62. The van der Waals surface area contributed by atoms with Crippen LogP contribution in [0.15, 0.2) is 70.5 Å². The van der Waals surface area contributed by atoms with E-state index in [-0.39, 0.29) is 40.1 Å². The highest BCUT2D eigenvalue weighted by Crippen LogP contribution is 2.38. The summed E-state index contributed by atoms with van der Waals surface area (Å²) in [7, 11) is -3.04. The lowest BCUT2D eigenvalue weighted by Gasteiger charge is -2.14. The van der Waals surface area contributed by atoms with E-state index >= 15 is 0 Å². The molecule has 3 aromatic carbocycles. The van der Waals surface area contributed by atoms with Crippen LogP contribution in [0.25, 0.3) is 6.08 Å². The van der Waals surface area contributed by atoms with Gasteiger partial charge in [0.1, 0.15) is 17.3 Å². The number of carbonyl (C=O) groups is 2. The van der Waals surface area contributed by atoms with Crippen LogP contribution in [0.4, 0.5) is 10.5 Å². The molecular weight excluding hydrogens is 699 g/mol. The van der Waals surface area contributed by atoms with Crippen molar-refractivity contribution < 1.29 is 36.6 Å². The highest BCUT2D eigenvalue weighted by Gasteiger charge is 2.35. The number of halogens is 2. The van der Waals surface area contributed by atoms with Crippen molar-refractivity contribution in [3.05, 3.63) is 89.8 Å². The van der Waals surface area contributed by atoms with Crippen LogP contribution in [0.3, 0.4) is 0 Å². The van der Waals surface area contributed by atoms with Crippen LogP contribution in [-0.2, 0) is 14.9 Å². The van der Waals surface area contributed by atoms with Gasteiger partial charge in [-0.15, -0.1) is 0 Å². The summed E-state index contributed by atoms with van der Waals surface area (Å²) in [6.45, 7) is 0.0669. The topological polar surface area (TPSA) is 142 Å². The third kappa shape index (κ3) is 6.68. The largest absolute Gasteiger partial charge is 0.493 e. The second kappa shape index (κ2) is 12.4. The molecule has 11 nitrogen and oxygen atoms in total. The summed E-state index contributed by atoms with van der Waals surface area (Å²) in [6, 6.07) is 14.1. The maximum absolute atomic E-state index is 12.9. The third-order valence-electron chi connectivity index (χ3n) is 5.36. The molecule has 208 valence electrons. The minimum absolute atomic E-state index is 0.0152. The molecule has 40 heavy (non-hydrogen) atoms. The number of amides is 2. The summed E-state index contributed by atoms with van der Waals surface area (Å²) in [5.41, 5.74) is 0.187. The summed E-state index contributed by atoms with van der Waals surface area (Å²) >= 11 is 8.67. The highest BCUT2D eigenvalue weighted by atomic mass is 127. The van der Waals surface area contributed by atoms with E-state index in [0.29, 0.717) is 19.9 Å². The Morgan fingerprint density at radius 3 is 2.45 bits per heavy atom. The van der Waals surface area contributed by atoms with Crippen molar-refractivity contribution in [1.82, 2.24) is 4.90 Å². The first-order valence-corrected chi connectivity index (χ1v) is 14.9. The first-order chi connectivity index (χ1) is 19.0. The second-order valence-corrected chi connectivity index (χ2v) is 12.0. The number of carbonyl (C=O) groups excluding carboxylic acids is 2. The predicted octanol–water partition coefficient (Wildman–Crippen LogP) is 5.74. The van der Waals surface area contributed by atoms with Gasteiger partial charge in [-0.3, -0.25) is 24.6 Å². The predicted molar refractivity (Wildman–Crippen MR) is 156 cm³/mol. The summed E-state index contributed by atoms with van der Waals surface area (Å²) in [5, 5.41) is 10.8. The van der Waals surface area contributed by atoms with Gasteiger partial charge < -0.3 is 13.7 Å². The Bertz CT molecular complexity index is 1630. The summed E-state index contributed by atoms with van der Waals surface area (Å²) < 4.78 is 42.2. The second-order valence-electron chi connectivity index (χ2n) is 7.93. The van der Waals surface area contributed by atoms with E-state index in [4.69, 9.17) is 25.3 Å². The molecule has 1 heterocycles. The van der Waals surface area contributed by atoms with E-state index in [0.717, 1.165) is 40.9 Å². The van der Waals surface area contributed by atoms with Gasteiger partial charge in [0.2, 0.25) is 0 Å². The SMILES string of the molecule is COc1cc(/C=C2\SC(=O)N(CCOc3ccccc3Cl)C2=O)cc(I)c1OS(=O)(=O)c1ccc([N+](=O)[O-])cc1. The first kappa shape index (κ1) is 29.6. The van der Waals surface area contributed by atoms with E-state index in [9.17, 15) is 28.1 Å². The van der Waals surface area contributed by atoms with Crippen LogP contribution in [0.2, 0.25) is 5.02 Å². The molecule has 0 spiro atoms. The van der Waals surface area contributed by atoms with Gasteiger partial charge in [0.05, 0.1) is 32.1 Å². The number of benzene rings is 3. The average molecular weight is 717 g/mol. The van der Waals surface area contributed by atoms with Crippen molar-refractivity contribution in [3.8, 4) is 17.2 Å². The molecular formula is C25H18ClIN2O9S2. The van der Waals surface area contributed by atoms with E-state index in [1.54, 1.807) is 30.3 Å². The molecule has 2 amide bonds. The minimum atomic E-state index is -4.35. The van der Waals surface area contributed by atoms with Crippen LogP contribution in [0, 0.1) is 13.7 Å². The number of ether oxygens (including phenoxy) is 2. The van der Waals surface area contributed by atoms with Crippen molar-refractivity contribution in [1.29, 1.82) is 0 Å². The number of imide groups is 1. The van der Waals surface area contributed by atoms with Crippen LogP contribution in [-0.4, -0.2) is 49.6 Å². The molecule has 0 saturated carbocycles. The monoisotopic (exact) mass is 716 g/mol. The Kier molecular flexibility index (Phi) is 9.22. The van der Waals surface area contributed by atoms with Crippen molar-refractivity contribution in [2.24, 2.45) is 0 Å². The van der Waals surface area contributed by atoms with Crippen LogP contribution in [0.5, 0.6) is 17.2 Å². The van der Waals surface area contributed by atoms with Crippen molar-refractivity contribution >= 4 is 79.0 Å². The van der Waals surface area contributed by atoms with Crippen molar-refractivity contribution in [2.75, 3.05) is 20.3 Å². The molecule has 0 bridgehead atoms. The van der Waals surface area contributed by atoms with Crippen LogP contribution in [0.1, 0.15) is 5.56 Å². The Morgan fingerprint density at radius 2 is 1.80 bits per heavy atom. The lowest BCUT2D eigenvalue weighted by atomic mass is 10.2. The number of thioether (sulfide) groups is 1. The molecule has 0 radical (unpaired) electrons. The highest BCUT2D eigenvalue weighted by molar-refractivity contribution is 14.1. The molecule has 1 saturated heterocycles. The van der Waals surface area contributed by atoms with Gasteiger partial charge in [-0.25, -0.2) is 0 Å². The van der Waals surface area contributed by atoms with Gasteiger partial charge >= 0.3 is 10.1 Å². The normalized spacial score (nSPS) is 14.5. The molecule has 1 aliphatic heterocycles. The zero-order valence-corrected chi connectivity index (χ0v) is 25.0. The molecule has 15 heteroatoms. The molecule has 0 atom stereocenters. The number of nitro groups is 1. The van der Waals surface area contributed by atoms with Crippen molar-refractivity contribution in [2.45, 2.75) is 4.90 Å². The number of hydrogen-bond donors (Lipinski definition) is 0. The summed E-state index contributed by atoms with van der Waals surface area (Å²) in [4.78, 5) is 36.5. The smallest absolute Gasteiger partial charge is 0.339 e. The number of para-hydroxylation sites is 1. The van der Waals surface area contributed by atoms with Gasteiger partial charge in [0.15, 0.2) is 11.5 Å². The zero-order valence-electron chi connectivity index (χ0n) is 20.4. The standard InChI is InChI=1S/C25H18ClIN2O9S2/c1-36-21-13-15(12-19(27)23(21)38-40(34,35)17-8-6-16(7-9-17)29(32)33)14-22-24(30)28(25(31)39-22)10-11-37-20-5-3-2-4-18(20)26/h2-9,12-14H,10-11H2,1H3/b22-14-. The van der Waals surface area contributed by atoms with E-state index in [1.807, 2.05) is 22.6 Å². The Morgan fingerprint density at radius 1 is 1.10 bits per heavy atom. The number of non-ortho nitro benzene ring substituents is 1. The van der Waals surface area contributed by atoms with E-state index in [1.165, 1.54) is 19.3 Å². The molecule has 1 fully saturated rings. The molecule has 1 aliphatic rings. The van der Waals surface area contributed by atoms with Gasteiger partial charge in [0, 0.05) is 12.1 Å². The maximum atomic E-state index is 12.9. The maximum Gasteiger partial charge on any atom is 0.339 e. The molecule has 0 N–H and O–H groups in total. The molecule has 0 unspecified atom stereocenters. The minimum Gasteiger partial charge on any atom is -0.493 e. The van der Waals surface area contributed by atoms with Gasteiger partial charge in [-0.2, -0.15) is 8.42 Å². The van der Waals surface area contributed by atoms with E-state index < -0.39 is 26.2 Å². The number of hydrogen-bond acceptors (Lipinski definition) is 10. The Hall–Kier alpha value is -3.34. The average Bonchev–Trinajstić information content (AvgIpc) is 3.18. The van der Waals surface area contributed by atoms with E-state index in [2.05, 4.69) is 0 Å². The number of rotatable bonds is 10. The lowest BCUT2D eigenvalue weighted by Crippen LogP contribution is -2.32. The first-order valence-electron chi connectivity index (χ1n) is 11.2. The molecule has 3 aromatic rings. The fourth-order valence-corrected chi connectivity index (χ4v) is 6.35. The fraction of sp³-hybridized carbons (Fsp3) is 0.120. The summed E-state index contributed by atoms with van der Waals surface area (Å²) in [6.07, 6.45) is 1.49. The van der Waals surface area contributed by atoms with Gasteiger partial charge in [-0.05, 0) is 82.4 Å². The molecule has 4 rings (SSSR count). The molecule has 0 aromatic heterocycles. The Labute approximate surface area is 251 Å². The number of methoxy groups -OCH3 is 1. The van der Waals surface area contributed by atoms with Crippen molar-refractivity contribution in [3.63, 3.8) is 0 Å². The number of nitrogens with zero attached hydrogens (tertiary/aromatic N) is 2. The van der Waals surface area contributed by atoms with Crippen LogP contribution >= 0.6 is 46.0 Å².